The topological polar surface area (TPSA) is 39.7 Å². The molecule has 3 heterocycles. The molecule has 3 rings (SSSR count). The third-order valence-corrected chi connectivity index (χ3v) is 4.59. The van der Waals surface area contributed by atoms with Crippen LogP contribution >= 0.6 is 0 Å². The van der Waals surface area contributed by atoms with E-state index in [4.69, 9.17) is 14.2 Å². The standard InChI is InChI=1S/C14H25NO3/c1-6-16-7-2-12(1)15-13-3-8-18-14(11-13)4-9-17-10-5-14/h12-13,15H,1-11H2. The van der Waals surface area contributed by atoms with Crippen molar-refractivity contribution in [3.8, 4) is 0 Å². The first-order valence-corrected chi connectivity index (χ1v) is 7.42. The first-order valence-electron chi connectivity index (χ1n) is 7.42. The van der Waals surface area contributed by atoms with Crippen LogP contribution in [0.1, 0.15) is 38.5 Å². The Morgan fingerprint density at radius 3 is 2.22 bits per heavy atom. The Labute approximate surface area is 109 Å². The lowest BCUT2D eigenvalue weighted by molar-refractivity contribution is -0.141. The average molecular weight is 255 g/mol. The summed E-state index contributed by atoms with van der Waals surface area (Å²) in [6.07, 6.45) is 6.77. The van der Waals surface area contributed by atoms with Gasteiger partial charge >= 0.3 is 0 Å². The van der Waals surface area contributed by atoms with Crippen LogP contribution in [0.3, 0.4) is 0 Å². The van der Waals surface area contributed by atoms with E-state index in [0.29, 0.717) is 12.1 Å². The lowest BCUT2D eigenvalue weighted by atomic mass is 9.83. The van der Waals surface area contributed by atoms with E-state index in [2.05, 4.69) is 5.32 Å². The Balaban J connectivity index is 1.52. The molecule has 0 saturated carbocycles. The summed E-state index contributed by atoms with van der Waals surface area (Å²) in [5.41, 5.74) is 0.110. The Morgan fingerprint density at radius 1 is 0.778 bits per heavy atom. The largest absolute Gasteiger partial charge is 0.381 e. The number of hydrogen-bond acceptors (Lipinski definition) is 4. The molecule has 4 heteroatoms. The molecule has 1 atom stereocenters. The van der Waals surface area contributed by atoms with Crippen LogP contribution in [0, 0.1) is 0 Å². The van der Waals surface area contributed by atoms with Gasteiger partial charge in [0, 0.05) is 45.1 Å². The number of hydrogen-bond donors (Lipinski definition) is 1. The summed E-state index contributed by atoms with van der Waals surface area (Å²) in [5.74, 6) is 0. The second-order valence-corrected chi connectivity index (χ2v) is 5.89. The summed E-state index contributed by atoms with van der Waals surface area (Å²) in [5, 5.41) is 3.83. The molecule has 3 aliphatic heterocycles. The van der Waals surface area contributed by atoms with Gasteiger partial charge in [0.05, 0.1) is 5.60 Å². The van der Waals surface area contributed by atoms with E-state index in [-0.39, 0.29) is 5.60 Å². The zero-order valence-corrected chi connectivity index (χ0v) is 11.2. The van der Waals surface area contributed by atoms with E-state index in [0.717, 1.165) is 71.6 Å². The first-order chi connectivity index (χ1) is 8.86. The van der Waals surface area contributed by atoms with Crippen molar-refractivity contribution in [1.29, 1.82) is 0 Å². The van der Waals surface area contributed by atoms with Crippen LogP contribution in [-0.2, 0) is 14.2 Å². The molecule has 104 valence electrons. The fourth-order valence-electron chi connectivity index (χ4n) is 3.46. The van der Waals surface area contributed by atoms with Crippen LogP contribution in [0.15, 0.2) is 0 Å². The Bertz CT molecular complexity index is 254. The number of ether oxygens (including phenoxy) is 3. The van der Waals surface area contributed by atoms with Crippen molar-refractivity contribution in [3.63, 3.8) is 0 Å². The monoisotopic (exact) mass is 255 g/mol. The van der Waals surface area contributed by atoms with Crippen LogP contribution in [0.25, 0.3) is 0 Å². The second kappa shape index (κ2) is 5.87. The first kappa shape index (κ1) is 12.9. The molecular formula is C14H25NO3. The molecular weight excluding hydrogens is 230 g/mol. The van der Waals surface area contributed by atoms with E-state index in [1.807, 2.05) is 0 Å². The van der Waals surface area contributed by atoms with Gasteiger partial charge < -0.3 is 19.5 Å². The highest BCUT2D eigenvalue weighted by molar-refractivity contribution is 4.92. The number of nitrogens with one attached hydrogen (secondary N) is 1. The zero-order valence-electron chi connectivity index (χ0n) is 11.2. The molecule has 1 spiro atoms. The lowest BCUT2D eigenvalue weighted by Gasteiger charge is -2.44. The second-order valence-electron chi connectivity index (χ2n) is 5.89. The lowest BCUT2D eigenvalue weighted by Crippen LogP contribution is -2.52. The molecule has 0 amide bonds. The molecule has 4 nitrogen and oxygen atoms in total. The summed E-state index contributed by atoms with van der Waals surface area (Å²) in [6, 6.07) is 1.28. The maximum Gasteiger partial charge on any atom is 0.0741 e. The van der Waals surface area contributed by atoms with Gasteiger partial charge in [-0.25, -0.2) is 0 Å². The van der Waals surface area contributed by atoms with E-state index >= 15 is 0 Å². The molecule has 0 radical (unpaired) electrons. The average Bonchev–Trinajstić information content (AvgIpc) is 2.41. The van der Waals surface area contributed by atoms with Crippen molar-refractivity contribution >= 4 is 0 Å². The Morgan fingerprint density at radius 2 is 1.44 bits per heavy atom. The molecule has 18 heavy (non-hydrogen) atoms. The highest BCUT2D eigenvalue weighted by Gasteiger charge is 2.39. The van der Waals surface area contributed by atoms with Crippen LogP contribution in [-0.4, -0.2) is 50.7 Å². The van der Waals surface area contributed by atoms with Gasteiger partial charge in [0.2, 0.25) is 0 Å². The molecule has 0 aliphatic carbocycles. The predicted octanol–water partition coefficient (Wildman–Crippen LogP) is 1.48. The summed E-state index contributed by atoms with van der Waals surface area (Å²) in [6.45, 7) is 4.47. The minimum atomic E-state index is 0.110. The summed E-state index contributed by atoms with van der Waals surface area (Å²) in [7, 11) is 0. The van der Waals surface area contributed by atoms with Crippen molar-refractivity contribution in [3.05, 3.63) is 0 Å². The van der Waals surface area contributed by atoms with Crippen molar-refractivity contribution in [2.75, 3.05) is 33.0 Å². The zero-order chi connectivity index (χ0) is 12.3. The van der Waals surface area contributed by atoms with Crippen molar-refractivity contribution in [1.82, 2.24) is 5.32 Å². The molecule has 0 aromatic heterocycles. The van der Waals surface area contributed by atoms with E-state index in [9.17, 15) is 0 Å². The highest BCUT2D eigenvalue weighted by Crippen LogP contribution is 2.34. The minimum absolute atomic E-state index is 0.110. The van der Waals surface area contributed by atoms with Crippen LogP contribution in [0.5, 0.6) is 0 Å². The smallest absolute Gasteiger partial charge is 0.0741 e. The molecule has 3 aliphatic rings. The molecule has 1 N–H and O–H groups in total. The molecule has 1 unspecified atom stereocenters. The molecule has 0 aromatic rings. The Kier molecular flexibility index (Phi) is 4.19. The molecule has 3 fully saturated rings. The van der Waals surface area contributed by atoms with Gasteiger partial charge in [0.15, 0.2) is 0 Å². The molecule has 0 bridgehead atoms. The fourth-order valence-corrected chi connectivity index (χ4v) is 3.46. The summed E-state index contributed by atoms with van der Waals surface area (Å²) >= 11 is 0. The Hall–Kier alpha value is -0.160. The van der Waals surface area contributed by atoms with Crippen molar-refractivity contribution in [2.24, 2.45) is 0 Å². The van der Waals surface area contributed by atoms with Gasteiger partial charge in [-0.3, -0.25) is 0 Å². The van der Waals surface area contributed by atoms with Gasteiger partial charge in [0.25, 0.3) is 0 Å². The third kappa shape index (κ3) is 3.05. The fraction of sp³-hybridized carbons (Fsp3) is 1.00. The summed E-state index contributed by atoms with van der Waals surface area (Å²) < 4.78 is 17.0. The van der Waals surface area contributed by atoms with Gasteiger partial charge in [-0.2, -0.15) is 0 Å². The maximum absolute atomic E-state index is 6.08. The normalized spacial score (nSPS) is 33.7. The van der Waals surface area contributed by atoms with Gasteiger partial charge in [0.1, 0.15) is 0 Å². The summed E-state index contributed by atoms with van der Waals surface area (Å²) in [4.78, 5) is 0. The van der Waals surface area contributed by atoms with Gasteiger partial charge in [-0.05, 0) is 38.5 Å². The van der Waals surface area contributed by atoms with Crippen LogP contribution in [0.2, 0.25) is 0 Å². The highest BCUT2D eigenvalue weighted by atomic mass is 16.5. The van der Waals surface area contributed by atoms with E-state index in [1.165, 1.54) is 0 Å². The maximum atomic E-state index is 6.08. The van der Waals surface area contributed by atoms with Crippen molar-refractivity contribution in [2.45, 2.75) is 56.2 Å². The quantitative estimate of drug-likeness (QED) is 0.811. The molecule has 0 aromatic carbocycles. The van der Waals surface area contributed by atoms with Crippen LogP contribution < -0.4 is 5.32 Å². The predicted molar refractivity (Wildman–Crippen MR) is 68.7 cm³/mol. The van der Waals surface area contributed by atoms with E-state index in [1.54, 1.807) is 0 Å². The van der Waals surface area contributed by atoms with Gasteiger partial charge in [-0.1, -0.05) is 0 Å². The van der Waals surface area contributed by atoms with E-state index < -0.39 is 0 Å². The minimum Gasteiger partial charge on any atom is -0.381 e. The number of rotatable bonds is 2. The SMILES string of the molecule is C1CC(NC2CCOC3(CCOCC3)C2)CCO1. The van der Waals surface area contributed by atoms with Gasteiger partial charge in [-0.15, -0.1) is 0 Å². The van der Waals surface area contributed by atoms with Crippen molar-refractivity contribution < 1.29 is 14.2 Å². The third-order valence-electron chi connectivity index (χ3n) is 4.59. The van der Waals surface area contributed by atoms with Crippen LogP contribution in [0.4, 0.5) is 0 Å². The molecule has 3 saturated heterocycles.